The highest BCUT2D eigenvalue weighted by Crippen LogP contribution is 2.29. The first-order chi connectivity index (χ1) is 13.2. The highest BCUT2D eigenvalue weighted by molar-refractivity contribution is 7.12. The molecule has 140 valence electrons. The molecule has 7 nitrogen and oxygen atoms in total. The van der Waals surface area contributed by atoms with Crippen molar-refractivity contribution in [1.29, 1.82) is 0 Å². The van der Waals surface area contributed by atoms with Crippen molar-refractivity contribution < 1.29 is 9.53 Å². The van der Waals surface area contributed by atoms with Gasteiger partial charge in [-0.15, -0.1) is 11.3 Å². The highest BCUT2D eigenvalue weighted by atomic mass is 32.1. The van der Waals surface area contributed by atoms with E-state index in [1.54, 1.807) is 0 Å². The molecule has 1 saturated carbocycles. The molecule has 4 heterocycles. The second-order valence-electron chi connectivity index (χ2n) is 7.21. The number of pyridine rings is 1. The Balaban J connectivity index is 1.32. The Labute approximate surface area is 160 Å². The lowest BCUT2D eigenvalue weighted by Crippen LogP contribution is -2.34. The topological polar surface area (TPSA) is 80.5 Å². The van der Waals surface area contributed by atoms with E-state index in [1.807, 2.05) is 34.3 Å². The van der Waals surface area contributed by atoms with Crippen LogP contribution < -0.4 is 10.6 Å². The summed E-state index contributed by atoms with van der Waals surface area (Å²) in [6, 6.07) is 4.06. The lowest BCUT2D eigenvalue weighted by atomic mass is 10.2. The molecule has 5 rings (SSSR count). The summed E-state index contributed by atoms with van der Waals surface area (Å²) >= 11 is 1.36. The van der Waals surface area contributed by atoms with Crippen molar-refractivity contribution in [3.63, 3.8) is 0 Å². The minimum absolute atomic E-state index is 0.0914. The number of rotatable bonds is 6. The Kier molecular flexibility index (Phi) is 4.29. The Hall–Kier alpha value is -2.45. The number of hydrogen-bond acceptors (Lipinski definition) is 6. The van der Waals surface area contributed by atoms with E-state index >= 15 is 0 Å². The van der Waals surface area contributed by atoms with E-state index in [9.17, 15) is 4.79 Å². The van der Waals surface area contributed by atoms with Crippen LogP contribution in [0.25, 0.3) is 16.9 Å². The van der Waals surface area contributed by atoms with Crippen LogP contribution >= 0.6 is 11.3 Å². The molecule has 1 atom stereocenters. The van der Waals surface area contributed by atoms with Crippen LogP contribution in [0.4, 0.5) is 5.82 Å². The van der Waals surface area contributed by atoms with Crippen LogP contribution in [-0.2, 0) is 4.74 Å². The van der Waals surface area contributed by atoms with Gasteiger partial charge in [0.15, 0.2) is 5.01 Å². The van der Waals surface area contributed by atoms with Crippen LogP contribution in [0.5, 0.6) is 0 Å². The van der Waals surface area contributed by atoms with E-state index < -0.39 is 0 Å². The number of hydrogen-bond donors (Lipinski definition) is 2. The van der Waals surface area contributed by atoms with Crippen LogP contribution in [0.1, 0.15) is 29.1 Å². The number of nitrogens with one attached hydrogen (secondary N) is 2. The summed E-state index contributed by atoms with van der Waals surface area (Å²) in [7, 11) is 0. The number of anilines is 1. The van der Waals surface area contributed by atoms with Crippen molar-refractivity contribution in [3.05, 3.63) is 34.9 Å². The van der Waals surface area contributed by atoms with Gasteiger partial charge in [-0.1, -0.05) is 0 Å². The fourth-order valence-corrected chi connectivity index (χ4v) is 3.93. The normalized spacial score (nSPS) is 19.5. The molecule has 1 amide bonds. The zero-order chi connectivity index (χ0) is 18.2. The Morgan fingerprint density at radius 2 is 2.19 bits per heavy atom. The standard InChI is InChI=1S/C19H21N5O2S/c25-18(21-14-5-6-26-10-14)19-22-15(11-27-19)13-3-4-17-23-16(9-24(17)8-13)20-7-12-1-2-12/h3-4,8-9,11-12,14,20H,1-2,5-7,10H2,(H,21,25). The van der Waals surface area contributed by atoms with Crippen LogP contribution in [0, 0.1) is 5.92 Å². The lowest BCUT2D eigenvalue weighted by molar-refractivity contribution is 0.0929. The zero-order valence-electron chi connectivity index (χ0n) is 14.9. The molecule has 0 radical (unpaired) electrons. The lowest BCUT2D eigenvalue weighted by Gasteiger charge is -2.08. The molecule has 1 saturated heterocycles. The van der Waals surface area contributed by atoms with Crippen molar-refractivity contribution >= 4 is 28.7 Å². The van der Waals surface area contributed by atoms with E-state index in [0.717, 1.165) is 41.6 Å². The van der Waals surface area contributed by atoms with Gasteiger partial charge in [0.05, 0.1) is 24.5 Å². The summed E-state index contributed by atoms with van der Waals surface area (Å²) in [5, 5.41) is 8.78. The largest absolute Gasteiger partial charge is 0.379 e. The summed E-state index contributed by atoms with van der Waals surface area (Å²) in [6.45, 7) is 2.28. The van der Waals surface area contributed by atoms with Gasteiger partial charge >= 0.3 is 0 Å². The van der Waals surface area contributed by atoms with E-state index in [4.69, 9.17) is 4.74 Å². The first kappa shape index (κ1) is 16.7. The fourth-order valence-electron chi connectivity index (χ4n) is 3.21. The van der Waals surface area contributed by atoms with Gasteiger partial charge < -0.3 is 19.8 Å². The molecule has 0 aromatic carbocycles. The summed E-state index contributed by atoms with van der Waals surface area (Å²) in [5.41, 5.74) is 2.66. The van der Waals surface area contributed by atoms with Crippen LogP contribution in [-0.4, -0.2) is 46.1 Å². The van der Waals surface area contributed by atoms with Crippen molar-refractivity contribution in [1.82, 2.24) is 19.7 Å². The average Bonchev–Trinajstić information content (AvgIpc) is 3.08. The predicted molar refractivity (Wildman–Crippen MR) is 104 cm³/mol. The van der Waals surface area contributed by atoms with Gasteiger partial charge in [0, 0.05) is 30.3 Å². The second-order valence-corrected chi connectivity index (χ2v) is 8.06. The molecular formula is C19H21N5O2S. The monoisotopic (exact) mass is 383 g/mol. The average molecular weight is 383 g/mol. The van der Waals surface area contributed by atoms with E-state index in [0.29, 0.717) is 18.2 Å². The van der Waals surface area contributed by atoms with Crippen molar-refractivity contribution in [3.8, 4) is 11.3 Å². The number of carbonyl (C=O) groups is 1. The second kappa shape index (κ2) is 6.94. The minimum Gasteiger partial charge on any atom is -0.379 e. The third-order valence-electron chi connectivity index (χ3n) is 4.98. The molecule has 27 heavy (non-hydrogen) atoms. The summed E-state index contributed by atoms with van der Waals surface area (Å²) in [6.07, 6.45) is 7.50. The van der Waals surface area contributed by atoms with Crippen molar-refractivity contribution in [2.24, 2.45) is 5.92 Å². The molecule has 2 N–H and O–H groups in total. The van der Waals surface area contributed by atoms with E-state index in [1.165, 1.54) is 24.2 Å². The maximum atomic E-state index is 12.4. The molecule has 1 aliphatic carbocycles. The van der Waals surface area contributed by atoms with Gasteiger partial charge in [-0.2, -0.15) is 0 Å². The van der Waals surface area contributed by atoms with Gasteiger partial charge in [-0.05, 0) is 37.3 Å². The fraction of sp³-hybridized carbons (Fsp3) is 0.421. The number of ether oxygens (including phenoxy) is 1. The third-order valence-corrected chi connectivity index (χ3v) is 5.82. The molecule has 8 heteroatoms. The third kappa shape index (κ3) is 3.68. The number of nitrogens with zero attached hydrogens (tertiary/aromatic N) is 3. The predicted octanol–water partition coefficient (Wildman–Crippen LogP) is 2.80. The Bertz CT molecular complexity index is 972. The van der Waals surface area contributed by atoms with Crippen LogP contribution in [0.3, 0.4) is 0 Å². The quantitative estimate of drug-likeness (QED) is 0.684. The molecule has 3 aromatic rings. The summed E-state index contributed by atoms with van der Waals surface area (Å²) in [5.74, 6) is 1.58. The number of amides is 1. The summed E-state index contributed by atoms with van der Waals surface area (Å²) in [4.78, 5) is 21.5. The number of fused-ring (bicyclic) bond motifs is 1. The molecule has 2 fully saturated rings. The Morgan fingerprint density at radius 1 is 1.26 bits per heavy atom. The molecule has 0 spiro atoms. The smallest absolute Gasteiger partial charge is 0.280 e. The molecule has 1 unspecified atom stereocenters. The van der Waals surface area contributed by atoms with Gasteiger partial charge in [-0.3, -0.25) is 4.79 Å². The molecule has 3 aromatic heterocycles. The van der Waals surface area contributed by atoms with Gasteiger partial charge in [0.25, 0.3) is 5.91 Å². The number of aromatic nitrogens is 3. The van der Waals surface area contributed by atoms with Crippen molar-refractivity contribution in [2.75, 3.05) is 25.1 Å². The molecule has 2 aliphatic rings. The maximum Gasteiger partial charge on any atom is 0.280 e. The minimum atomic E-state index is -0.128. The SMILES string of the molecule is O=C(NC1CCOC1)c1nc(-c2ccc3nc(NCC4CC4)cn3c2)cs1. The van der Waals surface area contributed by atoms with Gasteiger partial charge in [-0.25, -0.2) is 9.97 Å². The number of carbonyl (C=O) groups excluding carboxylic acids is 1. The van der Waals surface area contributed by atoms with E-state index in [2.05, 4.69) is 20.6 Å². The highest BCUT2D eigenvalue weighted by Gasteiger charge is 2.22. The van der Waals surface area contributed by atoms with Crippen LogP contribution in [0.2, 0.25) is 0 Å². The number of imidazole rings is 1. The molecule has 0 bridgehead atoms. The molecular weight excluding hydrogens is 362 g/mol. The first-order valence-electron chi connectivity index (χ1n) is 9.32. The van der Waals surface area contributed by atoms with Gasteiger partial charge in [0.2, 0.25) is 0 Å². The Morgan fingerprint density at radius 3 is 3.00 bits per heavy atom. The van der Waals surface area contributed by atoms with Gasteiger partial charge in [0.1, 0.15) is 11.5 Å². The zero-order valence-corrected chi connectivity index (χ0v) is 15.7. The molecule has 1 aliphatic heterocycles. The number of thiazole rings is 1. The first-order valence-corrected chi connectivity index (χ1v) is 10.2. The van der Waals surface area contributed by atoms with Crippen molar-refractivity contribution in [2.45, 2.75) is 25.3 Å². The maximum absolute atomic E-state index is 12.4. The van der Waals surface area contributed by atoms with E-state index in [-0.39, 0.29) is 11.9 Å². The van der Waals surface area contributed by atoms with Crippen LogP contribution in [0.15, 0.2) is 29.9 Å². The summed E-state index contributed by atoms with van der Waals surface area (Å²) < 4.78 is 7.30.